The fourth-order valence-electron chi connectivity index (χ4n) is 5.01. The Morgan fingerprint density at radius 2 is 2.03 bits per heavy atom. The van der Waals surface area contributed by atoms with Gasteiger partial charge in [-0.15, -0.1) is 0 Å². The Balaban J connectivity index is 1.38. The molecule has 2 aliphatic heterocycles. The van der Waals surface area contributed by atoms with Gasteiger partial charge < -0.3 is 15.2 Å². The van der Waals surface area contributed by atoms with Crippen molar-refractivity contribution in [2.75, 3.05) is 31.9 Å². The van der Waals surface area contributed by atoms with E-state index in [0.29, 0.717) is 39.7 Å². The number of benzene rings is 1. The maximum absolute atomic E-state index is 14.3. The smallest absolute Gasteiger partial charge is 0.245 e. The van der Waals surface area contributed by atoms with Gasteiger partial charge in [0.1, 0.15) is 29.3 Å². The Kier molecular flexibility index (Phi) is 6.22. The van der Waals surface area contributed by atoms with E-state index in [1.54, 1.807) is 6.07 Å². The van der Waals surface area contributed by atoms with Crippen LogP contribution in [-0.2, 0) is 11.8 Å². The second kappa shape index (κ2) is 9.33. The molecule has 0 saturated carbocycles. The van der Waals surface area contributed by atoms with Crippen molar-refractivity contribution in [3.63, 3.8) is 0 Å². The summed E-state index contributed by atoms with van der Waals surface area (Å²) in [6.07, 6.45) is 4.73. The zero-order valence-corrected chi connectivity index (χ0v) is 20.2. The first kappa shape index (κ1) is 23.3. The van der Waals surface area contributed by atoms with Crippen molar-refractivity contribution < 1.29 is 9.18 Å². The molecular formula is C26H26ClFN6O. The van der Waals surface area contributed by atoms with Crippen molar-refractivity contribution in [2.45, 2.75) is 18.9 Å². The number of nitrogens with two attached hydrogens (primary N) is 1. The molecular weight excluding hydrogens is 467 g/mol. The largest absolute Gasteiger partial charge is 0.383 e. The molecule has 0 spiro atoms. The minimum atomic E-state index is -0.508. The molecule has 1 amide bonds. The van der Waals surface area contributed by atoms with Crippen molar-refractivity contribution in [3.05, 3.63) is 53.7 Å². The van der Waals surface area contributed by atoms with Gasteiger partial charge in [-0.25, -0.2) is 14.4 Å². The van der Waals surface area contributed by atoms with E-state index in [1.807, 2.05) is 16.5 Å². The summed E-state index contributed by atoms with van der Waals surface area (Å²) in [5.74, 6) is 6.78. The number of amides is 1. The van der Waals surface area contributed by atoms with E-state index in [2.05, 4.69) is 33.3 Å². The van der Waals surface area contributed by atoms with Gasteiger partial charge in [0.05, 0.1) is 10.4 Å². The fraction of sp³-hybridized carbons (Fsp3) is 0.346. The quantitative estimate of drug-likeness (QED) is 0.447. The predicted molar refractivity (Wildman–Crippen MR) is 135 cm³/mol. The minimum Gasteiger partial charge on any atom is -0.383 e. The highest BCUT2D eigenvalue weighted by Gasteiger charge is 2.34. The van der Waals surface area contributed by atoms with Gasteiger partial charge in [-0.05, 0) is 42.5 Å². The third kappa shape index (κ3) is 4.26. The third-order valence-electron chi connectivity index (χ3n) is 6.98. The average Bonchev–Trinajstić information content (AvgIpc) is 3.12. The normalized spacial score (nSPS) is 17.2. The molecule has 180 valence electrons. The maximum atomic E-state index is 14.3. The van der Waals surface area contributed by atoms with Crippen LogP contribution >= 0.6 is 11.6 Å². The van der Waals surface area contributed by atoms with Gasteiger partial charge in [0.2, 0.25) is 5.91 Å². The minimum absolute atomic E-state index is 0.00690. The van der Waals surface area contributed by atoms with Crippen molar-refractivity contribution in [3.8, 4) is 23.0 Å². The van der Waals surface area contributed by atoms with Gasteiger partial charge in [0.15, 0.2) is 0 Å². The highest BCUT2D eigenvalue weighted by Crippen LogP contribution is 2.37. The molecule has 2 saturated heterocycles. The van der Waals surface area contributed by atoms with Crippen LogP contribution in [0.1, 0.15) is 18.5 Å². The van der Waals surface area contributed by atoms with Crippen molar-refractivity contribution in [1.29, 1.82) is 0 Å². The van der Waals surface area contributed by atoms with Gasteiger partial charge in [-0.3, -0.25) is 9.69 Å². The van der Waals surface area contributed by atoms with Crippen LogP contribution in [0.4, 0.5) is 10.2 Å². The molecule has 2 aliphatic rings. The lowest BCUT2D eigenvalue weighted by atomic mass is 9.93. The molecule has 1 aromatic carbocycles. The number of anilines is 1. The molecule has 3 aromatic rings. The fourth-order valence-corrected chi connectivity index (χ4v) is 5.13. The highest BCUT2D eigenvalue weighted by molar-refractivity contribution is 6.30. The molecule has 7 nitrogen and oxygen atoms in total. The number of piperidine rings is 1. The molecule has 2 aromatic heterocycles. The molecule has 2 N–H and O–H groups in total. The molecule has 0 aliphatic carbocycles. The number of aromatic nitrogens is 3. The summed E-state index contributed by atoms with van der Waals surface area (Å²) in [5, 5.41) is 0.706. The molecule has 2 fully saturated rings. The summed E-state index contributed by atoms with van der Waals surface area (Å²) in [5.41, 5.74) is 8.89. The molecule has 35 heavy (non-hydrogen) atoms. The Hall–Kier alpha value is -3.41. The molecule has 0 unspecified atom stereocenters. The number of carbonyl (C=O) groups excluding carboxylic acids is 1. The Bertz CT molecular complexity index is 1380. The molecule has 5 rings (SSSR count). The standard InChI is InChI=1S/C26H26ClFN6O/c1-3-22(35)33-10-8-18(9-11-33)34-13-16(14-34)4-7-21-23(17-5-6-19(27)20(28)12-17)24-25(29)30-15-31-26(24)32(21)2/h3,5-6,12,15-16,18H,1,8-11,13-14H2,2H3,(H2,29,30,31). The first-order valence-electron chi connectivity index (χ1n) is 11.6. The number of aryl methyl sites for hydroxylation is 1. The van der Waals surface area contributed by atoms with Gasteiger partial charge >= 0.3 is 0 Å². The molecule has 0 bridgehead atoms. The zero-order chi connectivity index (χ0) is 24.7. The summed E-state index contributed by atoms with van der Waals surface area (Å²) in [4.78, 5) is 24.6. The van der Waals surface area contributed by atoms with E-state index >= 15 is 0 Å². The van der Waals surface area contributed by atoms with E-state index in [0.717, 1.165) is 39.0 Å². The maximum Gasteiger partial charge on any atom is 0.245 e. The second-order valence-corrected chi connectivity index (χ2v) is 9.46. The summed E-state index contributed by atoms with van der Waals surface area (Å²) >= 11 is 5.91. The topological polar surface area (TPSA) is 80.3 Å². The van der Waals surface area contributed by atoms with Gasteiger partial charge in [-0.2, -0.15) is 0 Å². The lowest BCUT2D eigenvalue weighted by Gasteiger charge is -2.45. The number of hydrogen-bond donors (Lipinski definition) is 1. The number of likely N-dealkylation sites (tertiary alicyclic amines) is 2. The van der Waals surface area contributed by atoms with Crippen LogP contribution in [-0.4, -0.2) is 62.5 Å². The Morgan fingerprint density at radius 3 is 2.71 bits per heavy atom. The molecule has 9 heteroatoms. The predicted octanol–water partition coefficient (Wildman–Crippen LogP) is 3.47. The number of hydrogen-bond acceptors (Lipinski definition) is 5. The number of carbonyl (C=O) groups is 1. The van der Waals surface area contributed by atoms with E-state index < -0.39 is 5.82 Å². The first-order valence-corrected chi connectivity index (χ1v) is 12.0. The molecule has 0 atom stereocenters. The zero-order valence-electron chi connectivity index (χ0n) is 19.5. The third-order valence-corrected chi connectivity index (χ3v) is 7.28. The summed E-state index contributed by atoms with van der Waals surface area (Å²) in [7, 11) is 1.87. The number of nitrogens with zero attached hydrogens (tertiary/aromatic N) is 5. The summed E-state index contributed by atoms with van der Waals surface area (Å²) in [6, 6.07) is 5.15. The second-order valence-electron chi connectivity index (χ2n) is 9.05. The monoisotopic (exact) mass is 492 g/mol. The van der Waals surface area contributed by atoms with Crippen molar-refractivity contribution >= 4 is 34.4 Å². The molecule has 0 radical (unpaired) electrons. The Labute approximate surface area is 208 Å². The van der Waals surface area contributed by atoms with Crippen molar-refractivity contribution in [1.82, 2.24) is 24.3 Å². The van der Waals surface area contributed by atoms with Crippen LogP contribution in [0.2, 0.25) is 5.02 Å². The van der Waals surface area contributed by atoms with Crippen LogP contribution < -0.4 is 5.73 Å². The van der Waals surface area contributed by atoms with Crippen LogP contribution in [0, 0.1) is 23.6 Å². The number of rotatable bonds is 3. The van der Waals surface area contributed by atoms with Crippen LogP contribution in [0.15, 0.2) is 37.2 Å². The van der Waals surface area contributed by atoms with Crippen LogP contribution in [0.3, 0.4) is 0 Å². The first-order chi connectivity index (χ1) is 16.9. The Morgan fingerprint density at radius 1 is 1.29 bits per heavy atom. The molecule has 4 heterocycles. The number of nitrogen functional groups attached to an aromatic ring is 1. The number of halogens is 2. The summed E-state index contributed by atoms with van der Waals surface area (Å²) in [6.45, 7) is 6.89. The van der Waals surface area contributed by atoms with Crippen LogP contribution in [0.25, 0.3) is 22.2 Å². The SMILES string of the molecule is C=CC(=O)N1CCC(N2CC(C#Cc3c(-c4ccc(Cl)c(F)c4)c4c(N)ncnc4n3C)C2)CC1. The van der Waals surface area contributed by atoms with E-state index in [4.69, 9.17) is 17.3 Å². The average molecular weight is 493 g/mol. The lowest BCUT2D eigenvalue weighted by molar-refractivity contribution is -0.127. The van der Waals surface area contributed by atoms with Crippen LogP contribution in [0.5, 0.6) is 0 Å². The van der Waals surface area contributed by atoms with Gasteiger partial charge in [-0.1, -0.05) is 30.2 Å². The van der Waals surface area contributed by atoms with E-state index in [9.17, 15) is 9.18 Å². The van der Waals surface area contributed by atoms with Gasteiger partial charge in [0.25, 0.3) is 0 Å². The van der Waals surface area contributed by atoms with Gasteiger partial charge in [0, 0.05) is 50.7 Å². The van der Waals surface area contributed by atoms with Crippen molar-refractivity contribution in [2.24, 2.45) is 13.0 Å². The summed E-state index contributed by atoms with van der Waals surface area (Å²) < 4.78 is 16.2. The lowest BCUT2D eigenvalue weighted by Crippen LogP contribution is -2.55. The highest BCUT2D eigenvalue weighted by atomic mass is 35.5. The number of fused-ring (bicyclic) bond motifs is 1. The van der Waals surface area contributed by atoms with E-state index in [-0.39, 0.29) is 16.8 Å². The van der Waals surface area contributed by atoms with E-state index in [1.165, 1.54) is 24.5 Å².